The number of rotatable bonds is 5. The fourth-order valence-electron chi connectivity index (χ4n) is 4.79. The van der Waals surface area contributed by atoms with Gasteiger partial charge in [0.2, 0.25) is 0 Å². The molecule has 2 heterocycles. The van der Waals surface area contributed by atoms with Crippen LogP contribution in [0.4, 0.5) is 0 Å². The molecule has 6 heteroatoms. The lowest BCUT2D eigenvalue weighted by Gasteiger charge is -2.34. The minimum absolute atomic E-state index is 0.0135. The lowest BCUT2D eigenvalue weighted by atomic mass is 9.92. The van der Waals surface area contributed by atoms with Crippen LogP contribution >= 0.6 is 0 Å². The van der Waals surface area contributed by atoms with Gasteiger partial charge in [-0.2, -0.15) is 0 Å². The molecule has 1 atom stereocenters. The summed E-state index contributed by atoms with van der Waals surface area (Å²) in [5, 5.41) is 0. The fourth-order valence-corrected chi connectivity index (χ4v) is 4.79. The van der Waals surface area contributed by atoms with E-state index < -0.39 is 6.04 Å². The molecule has 4 aliphatic rings. The van der Waals surface area contributed by atoms with Gasteiger partial charge in [-0.3, -0.25) is 19.3 Å². The summed E-state index contributed by atoms with van der Waals surface area (Å²) in [6, 6.07) is 7.00. The van der Waals surface area contributed by atoms with Crippen LogP contribution in [0.5, 0.6) is 0 Å². The molecule has 32 heavy (non-hydrogen) atoms. The molecule has 0 spiro atoms. The van der Waals surface area contributed by atoms with Crippen LogP contribution in [0.1, 0.15) is 54.9 Å². The van der Waals surface area contributed by atoms with Crippen molar-refractivity contribution in [2.75, 3.05) is 39.3 Å². The summed E-state index contributed by atoms with van der Waals surface area (Å²) < 4.78 is 0. The van der Waals surface area contributed by atoms with Crippen molar-refractivity contribution in [3.63, 3.8) is 0 Å². The Labute approximate surface area is 191 Å². The van der Waals surface area contributed by atoms with Crippen molar-refractivity contribution in [3.8, 4) is 0 Å². The van der Waals surface area contributed by atoms with Crippen LogP contribution in [-0.2, 0) is 16.1 Å². The first kappa shape index (κ1) is 22.9. The van der Waals surface area contributed by atoms with Gasteiger partial charge in [-0.15, -0.1) is 0 Å². The average molecular weight is 438 g/mol. The van der Waals surface area contributed by atoms with E-state index in [0.29, 0.717) is 24.9 Å². The van der Waals surface area contributed by atoms with Gasteiger partial charge in [-0.1, -0.05) is 30.4 Å². The maximum absolute atomic E-state index is 12.2. The third-order valence-electron chi connectivity index (χ3n) is 6.94. The standard InChI is InChI=1S/C14H13NO3.C12H22N2/c16-10-5-6-12(13(17)7-10)15-8-9-3-1-2-4-11(9)14(15)18;1-2-3-6-13-7-9-14(10-8-13)11-12-4-5-12/h1-4,12H,5-8H2;2-3,12H,4-11H2,1H3/b;3-2+. The van der Waals surface area contributed by atoms with Crippen molar-refractivity contribution in [2.45, 2.75) is 51.6 Å². The molecule has 0 aromatic heterocycles. The number of ketones is 2. The molecule has 2 aliphatic heterocycles. The Morgan fingerprint density at radius 1 is 0.969 bits per heavy atom. The van der Waals surface area contributed by atoms with Crippen molar-refractivity contribution >= 4 is 17.5 Å². The molecule has 3 fully saturated rings. The number of Topliss-reactive ketones (excluding diaryl/α,β-unsaturated/α-hetero) is 2. The van der Waals surface area contributed by atoms with Gasteiger partial charge < -0.3 is 9.80 Å². The number of benzene rings is 1. The topological polar surface area (TPSA) is 60.9 Å². The third kappa shape index (κ3) is 5.73. The van der Waals surface area contributed by atoms with Crippen LogP contribution in [0, 0.1) is 5.92 Å². The van der Waals surface area contributed by atoms with E-state index in [2.05, 4.69) is 28.9 Å². The Balaban J connectivity index is 0.000000158. The number of fused-ring (bicyclic) bond motifs is 1. The Morgan fingerprint density at radius 2 is 1.69 bits per heavy atom. The monoisotopic (exact) mass is 437 g/mol. The van der Waals surface area contributed by atoms with Crippen molar-refractivity contribution in [2.24, 2.45) is 5.92 Å². The van der Waals surface area contributed by atoms with Gasteiger partial charge in [0.25, 0.3) is 5.91 Å². The van der Waals surface area contributed by atoms with E-state index in [-0.39, 0.29) is 23.9 Å². The summed E-state index contributed by atoms with van der Waals surface area (Å²) in [6.07, 6.45) is 8.23. The lowest BCUT2D eigenvalue weighted by molar-refractivity contribution is -0.133. The summed E-state index contributed by atoms with van der Waals surface area (Å²) in [4.78, 5) is 42.1. The van der Waals surface area contributed by atoms with Gasteiger partial charge in [-0.25, -0.2) is 0 Å². The summed E-state index contributed by atoms with van der Waals surface area (Å²) in [5.41, 5.74) is 1.65. The third-order valence-corrected chi connectivity index (χ3v) is 6.94. The number of carbonyl (C=O) groups excluding carboxylic acids is 3. The zero-order chi connectivity index (χ0) is 22.5. The van der Waals surface area contributed by atoms with Crippen LogP contribution < -0.4 is 0 Å². The lowest BCUT2D eigenvalue weighted by Crippen LogP contribution is -2.46. The molecule has 1 saturated heterocycles. The molecule has 6 nitrogen and oxygen atoms in total. The van der Waals surface area contributed by atoms with E-state index in [9.17, 15) is 14.4 Å². The molecule has 5 rings (SSSR count). The highest BCUT2D eigenvalue weighted by Crippen LogP contribution is 2.30. The highest BCUT2D eigenvalue weighted by atomic mass is 16.2. The second-order valence-electron chi connectivity index (χ2n) is 9.44. The number of nitrogens with zero attached hydrogens (tertiary/aromatic N) is 3. The predicted molar refractivity (Wildman–Crippen MR) is 124 cm³/mol. The molecule has 1 amide bonds. The zero-order valence-electron chi connectivity index (χ0n) is 19.2. The van der Waals surface area contributed by atoms with E-state index >= 15 is 0 Å². The quantitative estimate of drug-likeness (QED) is 0.524. The molecule has 0 bridgehead atoms. The molecule has 1 aromatic rings. The smallest absolute Gasteiger partial charge is 0.255 e. The summed E-state index contributed by atoms with van der Waals surface area (Å²) in [6.45, 7) is 10.2. The van der Waals surface area contributed by atoms with Gasteiger partial charge in [0.15, 0.2) is 5.78 Å². The Morgan fingerprint density at radius 3 is 2.34 bits per heavy atom. The minimum Gasteiger partial charge on any atom is -0.324 e. The van der Waals surface area contributed by atoms with Gasteiger partial charge in [-0.05, 0) is 43.7 Å². The van der Waals surface area contributed by atoms with Gasteiger partial charge in [0, 0.05) is 57.8 Å². The number of carbonyl (C=O) groups is 3. The average Bonchev–Trinajstić information content (AvgIpc) is 3.56. The van der Waals surface area contributed by atoms with E-state index in [1.54, 1.807) is 11.0 Å². The molecular weight excluding hydrogens is 402 g/mol. The Kier molecular flexibility index (Phi) is 7.53. The second kappa shape index (κ2) is 10.5. The molecule has 0 N–H and O–H groups in total. The normalized spacial score (nSPS) is 24.6. The highest BCUT2D eigenvalue weighted by Gasteiger charge is 2.38. The molecule has 172 valence electrons. The second-order valence-corrected chi connectivity index (χ2v) is 9.44. The first-order valence-electron chi connectivity index (χ1n) is 12.0. The molecular formula is C26H35N3O3. The maximum atomic E-state index is 12.2. The molecule has 2 saturated carbocycles. The number of amides is 1. The molecule has 0 radical (unpaired) electrons. The SMILES string of the molecule is C/C=C/CN1CCN(CC2CC2)CC1.O=C1CCC(N2Cc3ccccc3C2=O)C(=O)C1. The summed E-state index contributed by atoms with van der Waals surface area (Å²) >= 11 is 0. The van der Waals surface area contributed by atoms with Gasteiger partial charge in [0.05, 0.1) is 12.5 Å². The summed E-state index contributed by atoms with van der Waals surface area (Å²) in [7, 11) is 0. The van der Waals surface area contributed by atoms with Crippen LogP contribution in [0.3, 0.4) is 0 Å². The Hall–Kier alpha value is -2.31. The number of allylic oxidation sites excluding steroid dienone is 1. The predicted octanol–water partition coefficient (Wildman–Crippen LogP) is 2.92. The molecule has 2 aliphatic carbocycles. The van der Waals surface area contributed by atoms with Crippen LogP contribution in [0.15, 0.2) is 36.4 Å². The van der Waals surface area contributed by atoms with Crippen molar-refractivity contribution in [1.29, 1.82) is 0 Å². The maximum Gasteiger partial charge on any atom is 0.255 e. The van der Waals surface area contributed by atoms with E-state index in [1.165, 1.54) is 45.6 Å². The van der Waals surface area contributed by atoms with Gasteiger partial charge >= 0.3 is 0 Å². The van der Waals surface area contributed by atoms with Crippen LogP contribution in [-0.4, -0.2) is 77.5 Å². The molecule has 1 unspecified atom stereocenters. The van der Waals surface area contributed by atoms with Crippen LogP contribution in [0.25, 0.3) is 0 Å². The van der Waals surface area contributed by atoms with Gasteiger partial charge in [0.1, 0.15) is 5.78 Å². The van der Waals surface area contributed by atoms with Crippen molar-refractivity contribution < 1.29 is 14.4 Å². The minimum atomic E-state index is -0.414. The Bertz CT molecular complexity index is 869. The van der Waals surface area contributed by atoms with E-state index in [0.717, 1.165) is 18.0 Å². The van der Waals surface area contributed by atoms with Crippen molar-refractivity contribution in [3.05, 3.63) is 47.5 Å². The fraction of sp³-hybridized carbons (Fsp3) is 0.577. The van der Waals surface area contributed by atoms with E-state index in [4.69, 9.17) is 0 Å². The summed E-state index contributed by atoms with van der Waals surface area (Å²) in [5.74, 6) is 0.836. The largest absolute Gasteiger partial charge is 0.324 e. The number of piperazine rings is 1. The first-order chi connectivity index (χ1) is 15.5. The van der Waals surface area contributed by atoms with Crippen molar-refractivity contribution in [1.82, 2.24) is 14.7 Å². The number of hydrogen-bond donors (Lipinski definition) is 0. The molecule has 1 aromatic carbocycles. The zero-order valence-corrected chi connectivity index (χ0v) is 19.2. The van der Waals surface area contributed by atoms with E-state index in [1.807, 2.05) is 18.2 Å². The highest BCUT2D eigenvalue weighted by molar-refractivity contribution is 6.07. The number of hydrogen-bond acceptors (Lipinski definition) is 5. The van der Waals surface area contributed by atoms with Crippen LogP contribution in [0.2, 0.25) is 0 Å². The first-order valence-corrected chi connectivity index (χ1v) is 12.0.